The van der Waals surface area contributed by atoms with Crippen LogP contribution in [0.2, 0.25) is 0 Å². The van der Waals surface area contributed by atoms with Crippen molar-refractivity contribution >= 4 is 33.8 Å². The molecule has 1 aromatic heterocycles. The molecule has 0 spiro atoms. The lowest BCUT2D eigenvalue weighted by Gasteiger charge is -2.10. The first-order valence-electron chi connectivity index (χ1n) is 9.53. The van der Waals surface area contributed by atoms with E-state index in [-0.39, 0.29) is 22.7 Å². The Morgan fingerprint density at radius 3 is 2.55 bits per heavy atom. The molecule has 172 valence electrons. The van der Waals surface area contributed by atoms with Crippen LogP contribution >= 0.6 is 15.9 Å². The number of aromatic nitrogens is 3. The number of ether oxygens (including phenoxy) is 1. The number of hydrogen-bond donors (Lipinski definition) is 1. The fourth-order valence-corrected chi connectivity index (χ4v) is 3.14. The van der Waals surface area contributed by atoms with Gasteiger partial charge in [-0.25, -0.2) is 9.48 Å². The molecule has 2 aromatic carbocycles. The van der Waals surface area contributed by atoms with Gasteiger partial charge >= 0.3 is 12.1 Å². The van der Waals surface area contributed by atoms with Crippen molar-refractivity contribution in [1.29, 1.82) is 0 Å². The van der Waals surface area contributed by atoms with Crippen molar-refractivity contribution < 1.29 is 32.6 Å². The molecule has 7 nitrogen and oxygen atoms in total. The number of hydrogen-bond acceptors (Lipinski definition) is 5. The van der Waals surface area contributed by atoms with E-state index in [1.54, 1.807) is 36.4 Å². The minimum atomic E-state index is -4.50. The van der Waals surface area contributed by atoms with Gasteiger partial charge in [0.05, 0.1) is 12.1 Å². The zero-order valence-corrected chi connectivity index (χ0v) is 18.7. The van der Waals surface area contributed by atoms with Crippen molar-refractivity contribution in [3.8, 4) is 5.75 Å². The highest BCUT2D eigenvalue weighted by Crippen LogP contribution is 2.29. The lowest BCUT2D eigenvalue weighted by atomic mass is 10.1. The van der Waals surface area contributed by atoms with Gasteiger partial charge in [0.25, 0.3) is 0 Å². The predicted octanol–water partition coefficient (Wildman–Crippen LogP) is 4.86. The van der Waals surface area contributed by atoms with Gasteiger partial charge in [-0.3, -0.25) is 4.79 Å². The number of carboxylic acids is 1. The summed E-state index contributed by atoms with van der Waals surface area (Å²) in [6.07, 6.45) is -2.08. The standard InChI is InChI=1S/C22H17BrF3N3O4/c1-13(20(31)32)33-17-6-2-4-14(12-17)5-3-11-29-19(27-21(23)28-29)18(30)15-7-9-16(10-8-15)22(24,25)26/h2-10,12-13H,11H2,1H3,(H,31,32)/b5-3+/t13-/m0/s1. The van der Waals surface area contributed by atoms with Crippen molar-refractivity contribution in [2.45, 2.75) is 25.7 Å². The number of carbonyl (C=O) groups is 2. The predicted molar refractivity (Wildman–Crippen MR) is 116 cm³/mol. The van der Waals surface area contributed by atoms with E-state index in [1.165, 1.54) is 11.6 Å². The largest absolute Gasteiger partial charge is 0.479 e. The van der Waals surface area contributed by atoms with E-state index in [0.29, 0.717) is 5.75 Å². The number of carboxylic acid groups (broad SMARTS) is 1. The Morgan fingerprint density at radius 2 is 1.91 bits per heavy atom. The van der Waals surface area contributed by atoms with E-state index in [1.807, 2.05) is 0 Å². The fourth-order valence-electron chi connectivity index (χ4n) is 2.78. The number of carbonyl (C=O) groups excluding carboxylic acids is 1. The van der Waals surface area contributed by atoms with Crippen LogP contribution in [0.3, 0.4) is 0 Å². The quantitative estimate of drug-likeness (QED) is 0.424. The number of aliphatic carboxylic acids is 1. The molecule has 0 bridgehead atoms. The van der Waals surface area contributed by atoms with E-state index in [9.17, 15) is 22.8 Å². The normalized spacial score (nSPS) is 12.6. The Balaban J connectivity index is 1.74. The third-order valence-electron chi connectivity index (χ3n) is 4.43. The molecule has 11 heteroatoms. The van der Waals surface area contributed by atoms with Crippen LogP contribution in [0.1, 0.15) is 34.2 Å². The number of nitrogens with zero attached hydrogens (tertiary/aromatic N) is 3. The molecule has 0 aliphatic heterocycles. The molecule has 33 heavy (non-hydrogen) atoms. The third-order valence-corrected chi connectivity index (χ3v) is 4.77. The molecule has 0 saturated heterocycles. The maximum Gasteiger partial charge on any atom is 0.416 e. The van der Waals surface area contributed by atoms with Gasteiger partial charge in [-0.2, -0.15) is 18.2 Å². The SMILES string of the molecule is C[C@H](Oc1cccc(/C=C/Cn2nc(Br)nc2C(=O)c2ccc(C(F)(F)F)cc2)c1)C(=O)O. The van der Waals surface area contributed by atoms with Crippen molar-refractivity contribution in [3.05, 3.63) is 81.9 Å². The number of halogens is 4. The molecule has 0 radical (unpaired) electrons. The van der Waals surface area contributed by atoms with Gasteiger partial charge in [-0.05, 0) is 52.7 Å². The first kappa shape index (κ1) is 24.2. The maximum absolute atomic E-state index is 12.8. The molecule has 3 aromatic rings. The van der Waals surface area contributed by atoms with Crippen molar-refractivity contribution in [3.63, 3.8) is 0 Å². The topological polar surface area (TPSA) is 94.3 Å². The Labute approximate surface area is 194 Å². The molecule has 0 amide bonds. The van der Waals surface area contributed by atoms with Gasteiger partial charge in [0.15, 0.2) is 6.10 Å². The highest BCUT2D eigenvalue weighted by Gasteiger charge is 2.30. The Hall–Kier alpha value is -3.47. The molecule has 0 saturated carbocycles. The summed E-state index contributed by atoms with van der Waals surface area (Å²) in [5.74, 6) is -1.32. The van der Waals surface area contributed by atoms with Crippen LogP contribution in [0.4, 0.5) is 13.2 Å². The van der Waals surface area contributed by atoms with E-state index >= 15 is 0 Å². The maximum atomic E-state index is 12.8. The first-order chi connectivity index (χ1) is 15.5. The van der Waals surface area contributed by atoms with Gasteiger partial charge in [-0.15, -0.1) is 5.10 Å². The number of alkyl halides is 3. The van der Waals surface area contributed by atoms with Crippen molar-refractivity contribution in [1.82, 2.24) is 14.8 Å². The molecular weight excluding hydrogens is 507 g/mol. The number of ketones is 1. The average molecular weight is 524 g/mol. The minimum Gasteiger partial charge on any atom is -0.479 e. The summed E-state index contributed by atoms with van der Waals surface area (Å²) >= 11 is 3.11. The van der Waals surface area contributed by atoms with Crippen LogP contribution in [0.25, 0.3) is 6.08 Å². The van der Waals surface area contributed by atoms with E-state index in [2.05, 4.69) is 26.0 Å². The molecule has 1 atom stereocenters. The summed E-state index contributed by atoms with van der Waals surface area (Å²) in [5, 5.41) is 13.1. The van der Waals surface area contributed by atoms with Gasteiger partial charge in [0, 0.05) is 5.56 Å². The highest BCUT2D eigenvalue weighted by molar-refractivity contribution is 9.10. The lowest BCUT2D eigenvalue weighted by Crippen LogP contribution is -2.22. The number of allylic oxidation sites excluding steroid dienone is 1. The van der Waals surface area contributed by atoms with Gasteiger partial charge in [0.1, 0.15) is 5.75 Å². The van der Waals surface area contributed by atoms with E-state index in [0.717, 1.165) is 29.8 Å². The van der Waals surface area contributed by atoms with Crippen molar-refractivity contribution in [2.24, 2.45) is 0 Å². The number of rotatable bonds is 8. The second-order valence-electron chi connectivity index (χ2n) is 6.86. The smallest absolute Gasteiger partial charge is 0.416 e. The minimum absolute atomic E-state index is 0.0429. The highest BCUT2D eigenvalue weighted by atomic mass is 79.9. The van der Waals surface area contributed by atoms with Crippen LogP contribution in [-0.2, 0) is 17.5 Å². The molecule has 1 N–H and O–H groups in total. The second-order valence-corrected chi connectivity index (χ2v) is 7.57. The average Bonchev–Trinajstić information content (AvgIpc) is 3.13. The lowest BCUT2D eigenvalue weighted by molar-refractivity contribution is -0.144. The Morgan fingerprint density at radius 1 is 1.21 bits per heavy atom. The van der Waals surface area contributed by atoms with Crippen LogP contribution in [-0.4, -0.2) is 37.7 Å². The van der Waals surface area contributed by atoms with Crippen LogP contribution in [0.15, 0.2) is 59.3 Å². The van der Waals surface area contributed by atoms with Gasteiger partial charge in [0.2, 0.25) is 16.3 Å². The van der Waals surface area contributed by atoms with Crippen molar-refractivity contribution in [2.75, 3.05) is 0 Å². The molecule has 3 rings (SSSR count). The summed E-state index contributed by atoms with van der Waals surface area (Å²) in [6, 6.07) is 10.6. The van der Waals surface area contributed by atoms with Crippen LogP contribution < -0.4 is 4.74 Å². The summed E-state index contributed by atoms with van der Waals surface area (Å²) in [4.78, 5) is 27.7. The molecular formula is C22H17BrF3N3O4. The Kier molecular flexibility index (Phi) is 7.32. The molecule has 0 unspecified atom stereocenters. The third kappa shape index (κ3) is 6.28. The monoisotopic (exact) mass is 523 g/mol. The van der Waals surface area contributed by atoms with E-state index in [4.69, 9.17) is 9.84 Å². The summed E-state index contributed by atoms with van der Waals surface area (Å²) < 4.78 is 45.1. The molecule has 0 aliphatic rings. The van der Waals surface area contributed by atoms with E-state index < -0.39 is 29.6 Å². The molecule has 0 fully saturated rings. The summed E-state index contributed by atoms with van der Waals surface area (Å²) in [5.41, 5.74) is -0.0843. The van der Waals surface area contributed by atoms with Crippen LogP contribution in [0.5, 0.6) is 5.75 Å². The zero-order chi connectivity index (χ0) is 24.2. The summed E-state index contributed by atoms with van der Waals surface area (Å²) in [6.45, 7) is 1.57. The second kappa shape index (κ2) is 9.99. The van der Waals surface area contributed by atoms with Crippen LogP contribution in [0, 0.1) is 0 Å². The van der Waals surface area contributed by atoms with Gasteiger partial charge < -0.3 is 9.84 Å². The Bertz CT molecular complexity index is 1190. The number of benzene rings is 2. The fraction of sp³-hybridized carbons (Fsp3) is 0.182. The van der Waals surface area contributed by atoms with Gasteiger partial charge in [-0.1, -0.05) is 36.4 Å². The zero-order valence-electron chi connectivity index (χ0n) is 17.1. The summed E-state index contributed by atoms with van der Waals surface area (Å²) in [7, 11) is 0. The first-order valence-corrected chi connectivity index (χ1v) is 10.3. The molecule has 0 aliphatic carbocycles. The molecule has 1 heterocycles.